The number of likely N-dealkylation sites (tertiary alicyclic amines) is 1. The van der Waals surface area contributed by atoms with E-state index < -0.39 is 30.1 Å². The molecule has 15 heteroatoms. The number of aromatic nitrogens is 1. The number of carbonyl (C=O) groups is 4. The molecule has 0 spiro atoms. The number of amides is 3. The van der Waals surface area contributed by atoms with Gasteiger partial charge in [0, 0.05) is 42.5 Å². The molecule has 3 aromatic rings. The molecule has 0 aliphatic carbocycles. The van der Waals surface area contributed by atoms with E-state index in [9.17, 15) is 27.6 Å². The summed E-state index contributed by atoms with van der Waals surface area (Å²) >= 11 is 18.3. The Morgan fingerprint density at radius 3 is 2.33 bits per heavy atom. The number of aliphatic carboxylic acids is 1. The molecule has 2 heterocycles. The molecule has 0 unspecified atom stereocenters. The maximum Gasteiger partial charge on any atom is 0.490 e. The Labute approximate surface area is 271 Å². The van der Waals surface area contributed by atoms with Gasteiger partial charge in [-0.3, -0.25) is 19.4 Å². The van der Waals surface area contributed by atoms with Crippen LogP contribution in [-0.2, 0) is 27.2 Å². The second-order valence-electron chi connectivity index (χ2n) is 9.85. The number of carbonyl (C=O) groups excluding carboxylic acids is 3. The fourth-order valence-electron chi connectivity index (χ4n) is 4.48. The van der Waals surface area contributed by atoms with E-state index in [1.807, 2.05) is 30.3 Å². The van der Waals surface area contributed by atoms with E-state index in [1.165, 1.54) is 12.1 Å². The highest BCUT2D eigenvalue weighted by Crippen LogP contribution is 2.24. The molecule has 2 atom stereocenters. The fraction of sp³-hybridized carbons (Fsp3) is 0.300. The zero-order valence-corrected chi connectivity index (χ0v) is 25.8. The van der Waals surface area contributed by atoms with Gasteiger partial charge in [0.1, 0.15) is 12.1 Å². The minimum atomic E-state index is -5.08. The molecule has 9 nitrogen and oxygen atoms in total. The Bertz CT molecular complexity index is 1510. The normalized spacial score (nSPS) is 15.0. The van der Waals surface area contributed by atoms with Crippen LogP contribution in [0.1, 0.15) is 34.3 Å². The standard InChI is InChI=1S/C28H27Cl3N4O3.C2HF3O2/c29-21-7-2-1-6-19(21)11-13-33-27(37)25-8-4-14-35(25)28(38)24(15-18-5-3-12-32-17-18)34-26(36)20-9-10-22(30)23(31)16-20;3-2(4,5)1(6)7/h1-3,5-7,9-10,12,16-17,24-25H,4,8,11,13-15H2,(H,33,37)(H,34,36);(H,6,7)/t24-,25-;/m0./s1. The minimum absolute atomic E-state index is 0.219. The van der Waals surface area contributed by atoms with E-state index in [-0.39, 0.29) is 28.8 Å². The number of alkyl halides is 3. The number of pyridine rings is 1. The number of carboxylic acid groups (broad SMARTS) is 1. The first-order chi connectivity index (χ1) is 21.3. The highest BCUT2D eigenvalue weighted by Gasteiger charge is 2.39. The number of hydrogen-bond acceptors (Lipinski definition) is 5. The number of nitrogens with one attached hydrogen (secondary N) is 2. The summed E-state index contributed by atoms with van der Waals surface area (Å²) < 4.78 is 31.7. The van der Waals surface area contributed by atoms with Crippen molar-refractivity contribution in [3.8, 4) is 0 Å². The summed E-state index contributed by atoms with van der Waals surface area (Å²) in [5, 5.41) is 14.1. The van der Waals surface area contributed by atoms with Crippen LogP contribution in [0.2, 0.25) is 15.1 Å². The Kier molecular flexibility index (Phi) is 13.0. The average molecular weight is 688 g/mol. The van der Waals surface area contributed by atoms with Crippen molar-refractivity contribution in [1.82, 2.24) is 20.5 Å². The lowest BCUT2D eigenvalue weighted by Crippen LogP contribution is -2.54. The quantitative estimate of drug-likeness (QED) is 0.278. The van der Waals surface area contributed by atoms with Crippen molar-refractivity contribution in [3.05, 3.63) is 98.7 Å². The number of halogens is 6. The van der Waals surface area contributed by atoms with E-state index in [1.54, 1.807) is 29.4 Å². The largest absolute Gasteiger partial charge is 0.490 e. The minimum Gasteiger partial charge on any atom is -0.475 e. The van der Waals surface area contributed by atoms with Crippen molar-refractivity contribution in [2.24, 2.45) is 0 Å². The van der Waals surface area contributed by atoms with Crippen LogP contribution in [0.15, 0.2) is 67.0 Å². The predicted molar refractivity (Wildman–Crippen MR) is 162 cm³/mol. The van der Waals surface area contributed by atoms with Gasteiger partial charge in [-0.1, -0.05) is 59.1 Å². The van der Waals surface area contributed by atoms with E-state index in [4.69, 9.17) is 44.7 Å². The zero-order valence-electron chi connectivity index (χ0n) is 23.5. The number of rotatable bonds is 9. The van der Waals surface area contributed by atoms with Crippen LogP contribution in [0.3, 0.4) is 0 Å². The summed E-state index contributed by atoms with van der Waals surface area (Å²) in [6, 6.07) is 14.1. The second-order valence-corrected chi connectivity index (χ2v) is 11.1. The third-order valence-electron chi connectivity index (χ3n) is 6.68. The summed E-state index contributed by atoms with van der Waals surface area (Å²) in [7, 11) is 0. The number of carboxylic acids is 1. The smallest absolute Gasteiger partial charge is 0.475 e. The molecule has 3 amide bonds. The highest BCUT2D eigenvalue weighted by atomic mass is 35.5. The molecule has 1 aliphatic heterocycles. The summed E-state index contributed by atoms with van der Waals surface area (Å²) in [6.07, 6.45) is 0.234. The Morgan fingerprint density at radius 2 is 1.71 bits per heavy atom. The molecule has 0 bridgehead atoms. The first kappa shape index (κ1) is 35.6. The summed E-state index contributed by atoms with van der Waals surface area (Å²) in [6.45, 7) is 0.821. The second kappa shape index (κ2) is 16.4. The molecule has 4 rings (SSSR count). The summed E-state index contributed by atoms with van der Waals surface area (Å²) in [5.74, 6) is -3.77. The predicted octanol–water partition coefficient (Wildman–Crippen LogP) is 5.37. The maximum atomic E-state index is 13.7. The van der Waals surface area contributed by atoms with Gasteiger partial charge in [0.2, 0.25) is 11.8 Å². The summed E-state index contributed by atoms with van der Waals surface area (Å²) in [4.78, 5) is 54.4. The molecule has 0 radical (unpaired) electrons. The first-order valence-corrected chi connectivity index (χ1v) is 14.7. The molecular formula is C30H28Cl3F3N4O5. The van der Waals surface area contributed by atoms with Crippen LogP contribution >= 0.6 is 34.8 Å². The van der Waals surface area contributed by atoms with E-state index in [0.29, 0.717) is 42.4 Å². The van der Waals surface area contributed by atoms with E-state index >= 15 is 0 Å². The third kappa shape index (κ3) is 10.6. The van der Waals surface area contributed by atoms with E-state index in [2.05, 4.69) is 15.6 Å². The molecule has 1 fully saturated rings. The van der Waals surface area contributed by atoms with Crippen LogP contribution in [0.5, 0.6) is 0 Å². The van der Waals surface area contributed by atoms with Gasteiger partial charge >= 0.3 is 12.1 Å². The molecule has 3 N–H and O–H groups in total. The van der Waals surface area contributed by atoms with Crippen molar-refractivity contribution in [3.63, 3.8) is 0 Å². The topological polar surface area (TPSA) is 129 Å². The van der Waals surface area contributed by atoms with Crippen molar-refractivity contribution in [2.75, 3.05) is 13.1 Å². The van der Waals surface area contributed by atoms with Crippen molar-refractivity contribution >= 4 is 58.5 Å². The lowest BCUT2D eigenvalue weighted by Gasteiger charge is -2.29. The highest BCUT2D eigenvalue weighted by molar-refractivity contribution is 6.42. The molecule has 1 saturated heterocycles. The van der Waals surface area contributed by atoms with Gasteiger partial charge in [-0.2, -0.15) is 13.2 Å². The summed E-state index contributed by atoms with van der Waals surface area (Å²) in [5.41, 5.74) is 1.99. The van der Waals surface area contributed by atoms with Gasteiger partial charge in [0.15, 0.2) is 0 Å². The third-order valence-corrected chi connectivity index (χ3v) is 7.79. The van der Waals surface area contributed by atoms with Gasteiger partial charge in [-0.05, 0) is 60.7 Å². The van der Waals surface area contributed by atoms with Gasteiger partial charge < -0.3 is 20.6 Å². The van der Waals surface area contributed by atoms with Crippen LogP contribution in [0.25, 0.3) is 0 Å². The van der Waals surface area contributed by atoms with Crippen LogP contribution in [0, 0.1) is 0 Å². The zero-order chi connectivity index (χ0) is 33.1. The van der Waals surface area contributed by atoms with Crippen LogP contribution in [-0.4, -0.2) is 70.0 Å². The number of benzene rings is 2. The fourth-order valence-corrected chi connectivity index (χ4v) is 5.00. The molecule has 240 valence electrons. The van der Waals surface area contributed by atoms with Crippen LogP contribution < -0.4 is 10.6 Å². The Morgan fingerprint density at radius 1 is 1.00 bits per heavy atom. The van der Waals surface area contributed by atoms with Crippen molar-refractivity contribution < 1.29 is 37.5 Å². The molecule has 45 heavy (non-hydrogen) atoms. The lowest BCUT2D eigenvalue weighted by molar-refractivity contribution is -0.192. The SMILES string of the molecule is O=C(N[C@@H](Cc1cccnc1)C(=O)N1CCC[C@H]1C(=O)NCCc1ccccc1Cl)c1ccc(Cl)c(Cl)c1.O=C(O)C(F)(F)F. The van der Waals surface area contributed by atoms with Gasteiger partial charge in [0.25, 0.3) is 5.91 Å². The Balaban J connectivity index is 0.000000707. The lowest BCUT2D eigenvalue weighted by atomic mass is 10.0. The van der Waals surface area contributed by atoms with E-state index in [0.717, 1.165) is 11.1 Å². The molecule has 1 aliphatic rings. The van der Waals surface area contributed by atoms with Gasteiger partial charge in [-0.25, -0.2) is 4.79 Å². The molecule has 1 aromatic heterocycles. The number of nitrogens with zero attached hydrogens (tertiary/aromatic N) is 2. The maximum absolute atomic E-state index is 13.7. The van der Waals surface area contributed by atoms with Crippen LogP contribution in [0.4, 0.5) is 13.2 Å². The molecule has 2 aromatic carbocycles. The van der Waals surface area contributed by atoms with Gasteiger partial charge in [-0.15, -0.1) is 0 Å². The first-order valence-electron chi connectivity index (χ1n) is 13.5. The van der Waals surface area contributed by atoms with Crippen molar-refractivity contribution in [1.29, 1.82) is 0 Å². The Hall–Kier alpha value is -3.87. The number of hydrogen-bond donors (Lipinski definition) is 3. The average Bonchev–Trinajstić information content (AvgIpc) is 3.49. The monoisotopic (exact) mass is 686 g/mol. The van der Waals surface area contributed by atoms with Crippen molar-refractivity contribution in [2.45, 2.75) is 43.9 Å². The van der Waals surface area contributed by atoms with Gasteiger partial charge in [0.05, 0.1) is 10.0 Å². The molecular weight excluding hydrogens is 660 g/mol. The molecule has 0 saturated carbocycles.